The van der Waals surface area contributed by atoms with Gasteiger partial charge in [0.05, 0.1) is 13.2 Å². The van der Waals surface area contributed by atoms with Gasteiger partial charge < -0.3 is 15.0 Å². The lowest BCUT2D eigenvalue weighted by molar-refractivity contribution is -0.148. The van der Waals surface area contributed by atoms with Crippen LogP contribution in [0.1, 0.15) is 32.1 Å². The number of carbonyl (C=O) groups is 2. The van der Waals surface area contributed by atoms with Crippen molar-refractivity contribution in [1.29, 1.82) is 0 Å². The van der Waals surface area contributed by atoms with Gasteiger partial charge in [0.15, 0.2) is 0 Å². The molecular weight excluding hydrogens is 312 g/mol. The molecule has 0 aromatic heterocycles. The third-order valence-corrected chi connectivity index (χ3v) is 4.01. The van der Waals surface area contributed by atoms with Gasteiger partial charge in [-0.15, -0.1) is 0 Å². The Balaban J connectivity index is 1.86. The maximum atomic E-state index is 12.2. The molecular formula is C13H21BrN2O3. The molecule has 1 aliphatic heterocycles. The number of hydrogen-bond donors (Lipinski definition) is 1. The maximum absolute atomic E-state index is 12.2. The highest BCUT2D eigenvalue weighted by atomic mass is 79.9. The molecule has 2 fully saturated rings. The fourth-order valence-corrected chi connectivity index (χ4v) is 2.56. The first-order chi connectivity index (χ1) is 9.22. The first kappa shape index (κ1) is 14.8. The summed E-state index contributed by atoms with van der Waals surface area (Å²) in [7, 11) is 0. The van der Waals surface area contributed by atoms with E-state index < -0.39 is 6.04 Å². The first-order valence-corrected chi connectivity index (χ1v) is 8.08. The average Bonchev–Trinajstić information content (AvgIpc) is 3.23. The van der Waals surface area contributed by atoms with Crippen molar-refractivity contribution in [2.45, 2.75) is 44.2 Å². The molecule has 1 atom stereocenters. The lowest BCUT2D eigenvalue weighted by atomic mass is 10.1. The van der Waals surface area contributed by atoms with Crippen molar-refractivity contribution in [3.63, 3.8) is 0 Å². The Kier molecular flexibility index (Phi) is 5.63. The van der Waals surface area contributed by atoms with E-state index in [1.807, 2.05) is 0 Å². The highest BCUT2D eigenvalue weighted by Crippen LogP contribution is 2.20. The largest absolute Gasteiger partial charge is 0.377 e. The van der Waals surface area contributed by atoms with Crippen molar-refractivity contribution in [2.24, 2.45) is 0 Å². The second-order valence-corrected chi connectivity index (χ2v) is 5.90. The molecule has 1 saturated heterocycles. The summed E-state index contributed by atoms with van der Waals surface area (Å²) in [6.07, 6.45) is 4.46. The first-order valence-electron chi connectivity index (χ1n) is 6.96. The van der Waals surface area contributed by atoms with E-state index in [-0.39, 0.29) is 11.8 Å². The van der Waals surface area contributed by atoms with Crippen molar-refractivity contribution in [3.8, 4) is 0 Å². The quantitative estimate of drug-likeness (QED) is 0.584. The Morgan fingerprint density at radius 2 is 2.11 bits per heavy atom. The van der Waals surface area contributed by atoms with Crippen molar-refractivity contribution in [1.82, 2.24) is 10.2 Å². The Bertz CT molecular complexity index is 334. The molecule has 108 valence electrons. The summed E-state index contributed by atoms with van der Waals surface area (Å²) < 4.78 is 5.35. The van der Waals surface area contributed by atoms with Crippen molar-refractivity contribution >= 4 is 27.7 Å². The number of carbonyl (C=O) groups excluding carboxylic acids is 2. The summed E-state index contributed by atoms with van der Waals surface area (Å²) in [5.74, 6) is 0.0104. The van der Waals surface area contributed by atoms with E-state index in [0.29, 0.717) is 32.2 Å². The lowest BCUT2D eigenvalue weighted by Crippen LogP contribution is -2.56. The molecule has 1 N–H and O–H groups in total. The van der Waals surface area contributed by atoms with E-state index in [2.05, 4.69) is 21.2 Å². The minimum atomic E-state index is -0.439. The zero-order chi connectivity index (χ0) is 13.7. The number of amides is 2. The van der Waals surface area contributed by atoms with Crippen LogP contribution in [-0.4, -0.2) is 53.9 Å². The topological polar surface area (TPSA) is 58.6 Å². The second-order valence-electron chi connectivity index (χ2n) is 5.11. The molecule has 2 rings (SSSR count). The van der Waals surface area contributed by atoms with Gasteiger partial charge in [0.2, 0.25) is 11.8 Å². The number of nitrogens with zero attached hydrogens (tertiary/aromatic N) is 1. The number of morpholine rings is 1. The average molecular weight is 333 g/mol. The monoisotopic (exact) mass is 332 g/mol. The Morgan fingerprint density at radius 1 is 1.32 bits per heavy atom. The van der Waals surface area contributed by atoms with Crippen LogP contribution in [0.4, 0.5) is 0 Å². The van der Waals surface area contributed by atoms with E-state index in [1.54, 1.807) is 4.90 Å². The van der Waals surface area contributed by atoms with Gasteiger partial charge in [-0.05, 0) is 25.7 Å². The van der Waals surface area contributed by atoms with Gasteiger partial charge in [-0.3, -0.25) is 9.59 Å². The van der Waals surface area contributed by atoms with Crippen LogP contribution in [0.5, 0.6) is 0 Å². The minimum Gasteiger partial charge on any atom is -0.377 e. The normalized spacial score (nSPS) is 23.2. The van der Waals surface area contributed by atoms with Gasteiger partial charge in [0.1, 0.15) is 6.04 Å². The van der Waals surface area contributed by atoms with Gasteiger partial charge in [0, 0.05) is 24.3 Å². The molecule has 2 amide bonds. The standard InChI is InChI=1S/C13H21BrN2O3/c14-6-2-1-3-12(17)16-7-8-19-9-11(16)13(18)15-10-4-5-10/h10-11H,1-9H2,(H,15,18). The number of rotatable bonds is 6. The van der Waals surface area contributed by atoms with Gasteiger partial charge in [-0.2, -0.15) is 0 Å². The van der Waals surface area contributed by atoms with Crippen molar-refractivity contribution in [2.75, 3.05) is 25.1 Å². The number of halogens is 1. The van der Waals surface area contributed by atoms with E-state index in [1.165, 1.54) is 0 Å². The second kappa shape index (κ2) is 7.24. The number of nitrogens with one attached hydrogen (secondary N) is 1. The molecule has 0 aromatic carbocycles. The summed E-state index contributed by atoms with van der Waals surface area (Å²) in [5.41, 5.74) is 0. The third kappa shape index (κ3) is 4.45. The lowest BCUT2D eigenvalue weighted by Gasteiger charge is -2.34. The van der Waals surface area contributed by atoms with E-state index >= 15 is 0 Å². The Labute approximate surface area is 122 Å². The van der Waals surface area contributed by atoms with Crippen LogP contribution in [0.15, 0.2) is 0 Å². The Hall–Kier alpha value is -0.620. The molecule has 1 saturated carbocycles. The molecule has 19 heavy (non-hydrogen) atoms. The number of hydrogen-bond acceptors (Lipinski definition) is 3. The summed E-state index contributed by atoms with van der Waals surface area (Å²) in [6, 6.07) is -0.120. The van der Waals surface area contributed by atoms with E-state index in [4.69, 9.17) is 4.74 Å². The molecule has 6 heteroatoms. The van der Waals surface area contributed by atoms with Crippen LogP contribution in [0, 0.1) is 0 Å². The fraction of sp³-hybridized carbons (Fsp3) is 0.846. The number of unbranched alkanes of at least 4 members (excludes halogenated alkanes) is 1. The number of ether oxygens (including phenoxy) is 1. The molecule has 5 nitrogen and oxygen atoms in total. The molecule has 1 heterocycles. The molecule has 0 radical (unpaired) electrons. The molecule has 0 bridgehead atoms. The summed E-state index contributed by atoms with van der Waals surface area (Å²) in [6.45, 7) is 1.37. The van der Waals surface area contributed by atoms with Crippen LogP contribution in [0.3, 0.4) is 0 Å². The SMILES string of the molecule is O=C(NC1CC1)C1COCCN1C(=O)CCCCBr. The summed E-state index contributed by atoms with van der Waals surface area (Å²) in [4.78, 5) is 26.0. The summed E-state index contributed by atoms with van der Waals surface area (Å²) >= 11 is 3.36. The van der Waals surface area contributed by atoms with Crippen LogP contribution >= 0.6 is 15.9 Å². The maximum Gasteiger partial charge on any atom is 0.245 e. The zero-order valence-corrected chi connectivity index (χ0v) is 12.7. The molecule has 0 spiro atoms. The van der Waals surface area contributed by atoms with E-state index in [9.17, 15) is 9.59 Å². The Morgan fingerprint density at radius 3 is 2.79 bits per heavy atom. The molecule has 1 aliphatic carbocycles. The smallest absolute Gasteiger partial charge is 0.245 e. The molecule has 1 unspecified atom stereocenters. The predicted molar refractivity (Wildman–Crippen MR) is 75.1 cm³/mol. The van der Waals surface area contributed by atoms with Gasteiger partial charge >= 0.3 is 0 Å². The number of alkyl halides is 1. The highest BCUT2D eigenvalue weighted by molar-refractivity contribution is 9.09. The van der Waals surface area contributed by atoms with E-state index in [0.717, 1.165) is 31.0 Å². The van der Waals surface area contributed by atoms with Crippen LogP contribution in [0.2, 0.25) is 0 Å². The third-order valence-electron chi connectivity index (χ3n) is 3.45. The van der Waals surface area contributed by atoms with Gasteiger partial charge in [-0.1, -0.05) is 15.9 Å². The fourth-order valence-electron chi connectivity index (χ4n) is 2.16. The molecule has 2 aliphatic rings. The highest BCUT2D eigenvalue weighted by Gasteiger charge is 2.35. The van der Waals surface area contributed by atoms with Crippen molar-refractivity contribution in [3.05, 3.63) is 0 Å². The van der Waals surface area contributed by atoms with Crippen LogP contribution in [0.25, 0.3) is 0 Å². The zero-order valence-electron chi connectivity index (χ0n) is 11.1. The van der Waals surface area contributed by atoms with Crippen LogP contribution < -0.4 is 5.32 Å². The van der Waals surface area contributed by atoms with Crippen molar-refractivity contribution < 1.29 is 14.3 Å². The predicted octanol–water partition coefficient (Wildman–Crippen LogP) is 1.06. The molecule has 0 aromatic rings. The van der Waals surface area contributed by atoms with Gasteiger partial charge in [0.25, 0.3) is 0 Å². The van der Waals surface area contributed by atoms with Gasteiger partial charge in [-0.25, -0.2) is 0 Å². The minimum absolute atomic E-state index is 0.0592. The van der Waals surface area contributed by atoms with Crippen LogP contribution in [-0.2, 0) is 14.3 Å². The summed E-state index contributed by atoms with van der Waals surface area (Å²) in [5, 5.41) is 3.87.